The number of fused-ring (bicyclic) bond motifs is 1. The molecule has 3 N–H and O–H groups in total. The van der Waals surface area contributed by atoms with E-state index in [0.717, 1.165) is 31.1 Å². The zero-order chi connectivity index (χ0) is 18.2. The first-order chi connectivity index (χ1) is 12.7. The molecular weight excluding hydrogens is 402 g/mol. The van der Waals surface area contributed by atoms with Gasteiger partial charge in [-0.15, -0.1) is 0 Å². The number of hydrogen-bond donors (Lipinski definition) is 3. The molecule has 7 heteroatoms. The average molecular weight is 427 g/mol. The molecule has 2 aliphatic carbocycles. The van der Waals surface area contributed by atoms with Crippen molar-refractivity contribution in [3.8, 4) is 0 Å². The average Bonchev–Trinajstić information content (AvgIpc) is 3.39. The number of carbonyl (C=O) groups excluding carboxylic acids is 2. The number of rotatable bonds is 6. The zero-order valence-electron chi connectivity index (χ0n) is 15.0. The van der Waals surface area contributed by atoms with Crippen LogP contribution < -0.4 is 16.0 Å². The number of carbonyl (C=O) groups is 2. The van der Waals surface area contributed by atoms with E-state index in [1.54, 1.807) is 0 Å². The van der Waals surface area contributed by atoms with Crippen LogP contribution in [0.4, 0.5) is 4.79 Å². The van der Waals surface area contributed by atoms with Crippen molar-refractivity contribution in [1.29, 1.82) is 0 Å². The summed E-state index contributed by atoms with van der Waals surface area (Å²) in [5.41, 5.74) is 0. The molecule has 4 rings (SSSR count). The van der Waals surface area contributed by atoms with E-state index in [1.807, 2.05) is 69.5 Å². The maximum absolute atomic E-state index is 11.7. The third-order valence-electron chi connectivity index (χ3n) is 4.58. The second kappa shape index (κ2) is 12.2. The minimum atomic E-state index is -0.0376. The molecule has 27 heavy (non-hydrogen) atoms. The van der Waals surface area contributed by atoms with Crippen molar-refractivity contribution in [3.63, 3.8) is 0 Å². The van der Waals surface area contributed by atoms with E-state index in [-0.39, 0.29) is 41.1 Å². The summed E-state index contributed by atoms with van der Waals surface area (Å²) in [6, 6.07) is 1.38. The predicted octanol–water partition coefficient (Wildman–Crippen LogP) is 2.21. The van der Waals surface area contributed by atoms with Gasteiger partial charge in [-0.05, 0) is 70.6 Å². The summed E-state index contributed by atoms with van der Waals surface area (Å²) >= 11 is 1.92. The maximum atomic E-state index is 11.7. The van der Waals surface area contributed by atoms with Gasteiger partial charge in [-0.2, -0.15) is 11.8 Å². The van der Waals surface area contributed by atoms with Crippen molar-refractivity contribution >= 4 is 23.7 Å². The Morgan fingerprint density at radius 2 is 1.70 bits per heavy atom. The molecule has 0 aromatic heterocycles. The van der Waals surface area contributed by atoms with Gasteiger partial charge in [-0.25, -0.2) is 4.79 Å². The number of thioether (sulfide) groups is 1. The molecule has 4 aliphatic rings. The number of nitrogens with one attached hydrogen (secondary N) is 3. The number of urea groups is 1. The molecule has 10 radical (unpaired) electrons. The van der Waals surface area contributed by atoms with Gasteiger partial charge >= 0.3 is 23.1 Å². The van der Waals surface area contributed by atoms with Crippen LogP contribution in [0, 0.1) is 63.8 Å². The summed E-state index contributed by atoms with van der Waals surface area (Å²) in [7, 11) is 0. The van der Waals surface area contributed by atoms with Crippen LogP contribution in [0.5, 0.6) is 0 Å². The van der Waals surface area contributed by atoms with E-state index in [1.165, 1.54) is 0 Å². The second-order valence-electron chi connectivity index (χ2n) is 6.55. The third-order valence-corrected chi connectivity index (χ3v) is 6.09. The predicted molar refractivity (Wildman–Crippen MR) is 104 cm³/mol. The molecule has 0 aromatic rings. The van der Waals surface area contributed by atoms with Gasteiger partial charge in [0.25, 0.3) is 0 Å². The third kappa shape index (κ3) is 7.51. The monoisotopic (exact) mass is 427 g/mol. The van der Waals surface area contributed by atoms with Crippen LogP contribution in [0.1, 0.15) is 25.7 Å². The Morgan fingerprint density at radius 3 is 2.37 bits per heavy atom. The van der Waals surface area contributed by atoms with E-state index in [9.17, 15) is 9.59 Å². The summed E-state index contributed by atoms with van der Waals surface area (Å²) in [5.74, 6) is 1.07. The van der Waals surface area contributed by atoms with Gasteiger partial charge in [0.05, 0.1) is 18.1 Å². The molecule has 5 nitrogen and oxygen atoms in total. The molecule has 0 unspecified atom stereocenters. The Balaban J connectivity index is 0.000000379. The smallest absolute Gasteiger partial charge is 0.348 e. The van der Waals surface area contributed by atoms with Crippen LogP contribution in [0.25, 0.3) is 0 Å². The second-order valence-corrected chi connectivity index (χ2v) is 7.82. The Bertz CT molecular complexity index is 463. The van der Waals surface area contributed by atoms with Gasteiger partial charge in [-0.3, -0.25) is 4.79 Å². The quantitative estimate of drug-likeness (QED) is 0.346. The maximum Gasteiger partial charge on any atom is 2.00 e. The molecule has 0 spiro atoms. The largest absolute Gasteiger partial charge is 2.00 e. The minimum Gasteiger partial charge on any atom is -0.348 e. The van der Waals surface area contributed by atoms with Crippen molar-refractivity contribution in [2.45, 2.75) is 43.0 Å². The van der Waals surface area contributed by atoms with Crippen LogP contribution >= 0.6 is 11.8 Å². The van der Waals surface area contributed by atoms with Gasteiger partial charge in [0.1, 0.15) is 0 Å². The van der Waals surface area contributed by atoms with Crippen molar-refractivity contribution < 1.29 is 26.7 Å². The van der Waals surface area contributed by atoms with E-state index < -0.39 is 0 Å². The molecule has 2 saturated heterocycles. The Hall–Kier alpha value is -0.391. The van der Waals surface area contributed by atoms with Gasteiger partial charge < -0.3 is 16.0 Å². The molecule has 2 saturated carbocycles. The fraction of sp³-hybridized carbons (Fsp3) is 0.400. The van der Waals surface area contributed by atoms with Crippen molar-refractivity contribution in [2.24, 2.45) is 0 Å². The summed E-state index contributed by atoms with van der Waals surface area (Å²) in [6.45, 7) is 0. The molecule has 0 aromatic carbocycles. The zero-order valence-corrected chi connectivity index (χ0v) is 17.0. The fourth-order valence-corrected chi connectivity index (χ4v) is 4.82. The molecule has 144 valence electrons. The Morgan fingerprint density at radius 1 is 1.04 bits per heavy atom. The normalized spacial score (nSPS) is 29.2. The fourth-order valence-electron chi connectivity index (χ4n) is 3.28. The van der Waals surface area contributed by atoms with Crippen LogP contribution in [-0.4, -0.2) is 35.0 Å². The molecule has 4 fully saturated rings. The van der Waals surface area contributed by atoms with Gasteiger partial charge in [0, 0.05) is 17.4 Å². The van der Waals surface area contributed by atoms with Gasteiger partial charge in [0.2, 0.25) is 5.91 Å². The van der Waals surface area contributed by atoms with Crippen LogP contribution in [0.3, 0.4) is 0 Å². The Labute approximate surface area is 178 Å². The van der Waals surface area contributed by atoms with E-state index >= 15 is 0 Å². The van der Waals surface area contributed by atoms with E-state index in [0.29, 0.717) is 11.7 Å². The standard InChI is InChI=1S/C15H20N3O2S.C5H5.Fe/c19-13(16-10-5-1-2-6-10)8-4-3-7-12-14-11(9-21-12)17-15(20)18-14;1-2-4-5-3-1;/h1-2,5-6,11-12,14H,3-4,7-9H2,(H,16,19)(H2,17,18,20);1-5H;/q;;+2/t11-,12-,14-;;/m0../s1. The van der Waals surface area contributed by atoms with Gasteiger partial charge in [0.15, 0.2) is 0 Å². The van der Waals surface area contributed by atoms with Crippen LogP contribution in [-0.2, 0) is 21.9 Å². The molecule has 0 bridgehead atoms. The SMILES string of the molecule is O=C(CCCC[C@@H]1SC[C@@H]2NC(=O)N[C@@H]21)N[C]1[CH][CH][CH][CH]1.[CH]1[CH][CH][CH][CH]1.[Fe+2]. The number of amides is 3. The summed E-state index contributed by atoms with van der Waals surface area (Å²) in [5, 5.41) is 9.30. The Kier molecular flexibility index (Phi) is 10.4. The minimum absolute atomic E-state index is 0. The topological polar surface area (TPSA) is 70.2 Å². The van der Waals surface area contributed by atoms with Crippen molar-refractivity contribution in [3.05, 3.63) is 63.8 Å². The number of unbranched alkanes of at least 4 members (excludes halogenated alkanes) is 1. The van der Waals surface area contributed by atoms with E-state index in [2.05, 4.69) is 16.0 Å². The van der Waals surface area contributed by atoms with Crippen molar-refractivity contribution in [2.75, 3.05) is 5.75 Å². The first-order valence-electron chi connectivity index (χ1n) is 9.09. The van der Waals surface area contributed by atoms with Gasteiger partial charge in [-0.1, -0.05) is 6.42 Å². The molecule has 3 amide bonds. The van der Waals surface area contributed by atoms with Crippen LogP contribution in [0.2, 0.25) is 0 Å². The summed E-state index contributed by atoms with van der Waals surface area (Å²) in [4.78, 5) is 23.0. The molecule has 2 aliphatic heterocycles. The summed E-state index contributed by atoms with van der Waals surface area (Å²) < 4.78 is 0. The van der Waals surface area contributed by atoms with Crippen molar-refractivity contribution in [1.82, 2.24) is 16.0 Å². The van der Waals surface area contributed by atoms with E-state index in [4.69, 9.17) is 0 Å². The molecule has 3 atom stereocenters. The summed E-state index contributed by atoms with van der Waals surface area (Å²) in [6.07, 6.45) is 21.1. The van der Waals surface area contributed by atoms with Crippen LogP contribution in [0.15, 0.2) is 0 Å². The first-order valence-corrected chi connectivity index (χ1v) is 10.1. The number of hydrogen-bond acceptors (Lipinski definition) is 3. The first kappa shape index (κ1) is 22.9. The molecular formula is C20H25FeN3O2S+2. The molecule has 2 heterocycles.